The van der Waals surface area contributed by atoms with E-state index < -0.39 is 3.79 Å². The van der Waals surface area contributed by atoms with Crippen LogP contribution in [0, 0.1) is 6.92 Å². The summed E-state index contributed by atoms with van der Waals surface area (Å²) in [6.45, 7) is 1.74. The molecular weight excluding hydrogens is 208 g/mol. The summed E-state index contributed by atoms with van der Waals surface area (Å²) < 4.78 is 0.00463. The standard InChI is InChI=1S/C5H6Cl3N3/c1-3-4(5(6,7)8)11(2)10-9-3/h1-2H3. The van der Waals surface area contributed by atoms with Gasteiger partial charge in [0.05, 0.1) is 5.69 Å². The molecule has 6 heteroatoms. The molecule has 3 nitrogen and oxygen atoms in total. The quantitative estimate of drug-likeness (QED) is 0.618. The van der Waals surface area contributed by atoms with Crippen LogP contribution in [0.2, 0.25) is 0 Å². The third-order valence-corrected chi connectivity index (χ3v) is 1.80. The molecule has 0 atom stereocenters. The van der Waals surface area contributed by atoms with Crippen molar-refractivity contribution in [1.29, 1.82) is 0 Å². The van der Waals surface area contributed by atoms with Crippen LogP contribution in [0.5, 0.6) is 0 Å². The fraction of sp³-hybridized carbons (Fsp3) is 0.600. The summed E-state index contributed by atoms with van der Waals surface area (Å²) in [4.78, 5) is 0. The molecule has 0 amide bonds. The van der Waals surface area contributed by atoms with E-state index in [2.05, 4.69) is 10.3 Å². The van der Waals surface area contributed by atoms with Crippen LogP contribution >= 0.6 is 34.8 Å². The van der Waals surface area contributed by atoms with Crippen LogP contribution in [-0.2, 0) is 10.8 Å². The zero-order valence-electron chi connectivity index (χ0n) is 5.98. The molecular formula is C5H6Cl3N3. The molecule has 1 heterocycles. The number of aromatic nitrogens is 3. The number of hydrogen-bond donors (Lipinski definition) is 0. The molecule has 0 saturated carbocycles. The van der Waals surface area contributed by atoms with Gasteiger partial charge in [-0.3, -0.25) is 0 Å². The molecule has 11 heavy (non-hydrogen) atoms. The molecule has 0 spiro atoms. The predicted octanol–water partition coefficient (Wildman–Crippen LogP) is 1.95. The van der Waals surface area contributed by atoms with Crippen molar-refractivity contribution in [3.63, 3.8) is 0 Å². The normalized spacial score (nSPS) is 12.1. The Kier molecular flexibility index (Phi) is 2.32. The van der Waals surface area contributed by atoms with Crippen LogP contribution in [0.3, 0.4) is 0 Å². The van der Waals surface area contributed by atoms with Gasteiger partial charge in [0.25, 0.3) is 0 Å². The Balaban J connectivity index is 3.21. The largest absolute Gasteiger partial charge is 0.248 e. The van der Waals surface area contributed by atoms with Crippen LogP contribution in [0.15, 0.2) is 0 Å². The summed E-state index contributed by atoms with van der Waals surface area (Å²) in [5.41, 5.74) is 1.13. The fourth-order valence-corrected chi connectivity index (χ4v) is 1.63. The molecule has 0 saturated heterocycles. The third-order valence-electron chi connectivity index (χ3n) is 1.26. The first kappa shape index (κ1) is 9.10. The van der Waals surface area contributed by atoms with E-state index in [4.69, 9.17) is 34.8 Å². The van der Waals surface area contributed by atoms with E-state index in [1.165, 1.54) is 4.68 Å². The van der Waals surface area contributed by atoms with Gasteiger partial charge in [-0.25, -0.2) is 4.68 Å². The lowest BCUT2D eigenvalue weighted by molar-refractivity contribution is 0.684. The van der Waals surface area contributed by atoms with E-state index in [-0.39, 0.29) is 0 Å². The number of rotatable bonds is 0. The molecule has 0 bridgehead atoms. The van der Waals surface area contributed by atoms with E-state index >= 15 is 0 Å². The molecule has 0 aliphatic rings. The van der Waals surface area contributed by atoms with Gasteiger partial charge in [0, 0.05) is 7.05 Å². The minimum Gasteiger partial charge on any atom is -0.248 e. The van der Waals surface area contributed by atoms with Gasteiger partial charge in [0.15, 0.2) is 0 Å². The fourth-order valence-electron chi connectivity index (χ4n) is 0.849. The molecule has 0 fully saturated rings. The first-order chi connectivity index (χ1) is 4.93. The van der Waals surface area contributed by atoms with Crippen molar-refractivity contribution in [2.24, 2.45) is 7.05 Å². The molecule has 1 aromatic rings. The molecule has 0 aromatic carbocycles. The van der Waals surface area contributed by atoms with Gasteiger partial charge in [-0.05, 0) is 6.92 Å². The Bertz CT molecular complexity index is 243. The van der Waals surface area contributed by atoms with Gasteiger partial charge in [0.1, 0.15) is 5.69 Å². The zero-order valence-corrected chi connectivity index (χ0v) is 8.24. The number of nitrogens with zero attached hydrogens (tertiary/aromatic N) is 3. The summed E-state index contributed by atoms with van der Waals surface area (Å²) in [7, 11) is 1.68. The van der Waals surface area contributed by atoms with Crippen molar-refractivity contribution in [3.8, 4) is 0 Å². The maximum absolute atomic E-state index is 5.64. The third kappa shape index (κ3) is 1.78. The van der Waals surface area contributed by atoms with Gasteiger partial charge in [0.2, 0.25) is 3.79 Å². The Labute approximate surface area is 79.2 Å². The number of alkyl halides is 3. The minimum atomic E-state index is -1.44. The monoisotopic (exact) mass is 213 g/mol. The smallest absolute Gasteiger partial charge is 0.234 e. The molecule has 0 aliphatic heterocycles. The van der Waals surface area contributed by atoms with Crippen molar-refractivity contribution in [1.82, 2.24) is 15.0 Å². The SMILES string of the molecule is Cc1nnn(C)c1C(Cl)(Cl)Cl. The lowest BCUT2D eigenvalue weighted by Gasteiger charge is -2.10. The first-order valence-electron chi connectivity index (χ1n) is 2.86. The van der Waals surface area contributed by atoms with Gasteiger partial charge in [-0.2, -0.15) is 0 Å². The van der Waals surface area contributed by atoms with Crippen molar-refractivity contribution >= 4 is 34.8 Å². The first-order valence-corrected chi connectivity index (χ1v) is 4.00. The maximum Gasteiger partial charge on any atom is 0.234 e. The van der Waals surface area contributed by atoms with Crippen molar-refractivity contribution < 1.29 is 0 Å². The highest BCUT2D eigenvalue weighted by atomic mass is 35.6. The van der Waals surface area contributed by atoms with Crippen molar-refractivity contribution in [2.75, 3.05) is 0 Å². The average Bonchev–Trinajstić information content (AvgIpc) is 2.08. The highest BCUT2D eigenvalue weighted by Crippen LogP contribution is 2.38. The van der Waals surface area contributed by atoms with Crippen LogP contribution in [0.1, 0.15) is 11.4 Å². The highest BCUT2D eigenvalue weighted by Gasteiger charge is 2.29. The van der Waals surface area contributed by atoms with E-state index in [0.29, 0.717) is 11.4 Å². The van der Waals surface area contributed by atoms with Gasteiger partial charge in [-0.15, -0.1) is 5.10 Å². The van der Waals surface area contributed by atoms with Crippen LogP contribution in [0.25, 0.3) is 0 Å². The van der Waals surface area contributed by atoms with E-state index in [9.17, 15) is 0 Å². The zero-order chi connectivity index (χ0) is 8.65. The Hall–Kier alpha value is 0.01000. The summed E-state index contributed by atoms with van der Waals surface area (Å²) in [6.07, 6.45) is 0. The van der Waals surface area contributed by atoms with Crippen LogP contribution in [0.4, 0.5) is 0 Å². The van der Waals surface area contributed by atoms with Crippen LogP contribution in [-0.4, -0.2) is 15.0 Å². The lowest BCUT2D eigenvalue weighted by atomic mass is 10.4. The molecule has 0 aliphatic carbocycles. The van der Waals surface area contributed by atoms with E-state index in [0.717, 1.165) is 0 Å². The second-order valence-electron chi connectivity index (χ2n) is 2.14. The lowest BCUT2D eigenvalue weighted by Crippen LogP contribution is -2.09. The van der Waals surface area contributed by atoms with Crippen molar-refractivity contribution in [2.45, 2.75) is 10.7 Å². The molecule has 1 aromatic heterocycles. The predicted molar refractivity (Wildman–Crippen MR) is 45.0 cm³/mol. The van der Waals surface area contributed by atoms with Gasteiger partial charge < -0.3 is 0 Å². The molecule has 62 valence electrons. The topological polar surface area (TPSA) is 30.7 Å². The second-order valence-corrected chi connectivity index (χ2v) is 4.43. The summed E-state index contributed by atoms with van der Waals surface area (Å²) in [5, 5.41) is 7.44. The van der Waals surface area contributed by atoms with Crippen molar-refractivity contribution in [3.05, 3.63) is 11.4 Å². The van der Waals surface area contributed by atoms with Crippen LogP contribution < -0.4 is 0 Å². The maximum atomic E-state index is 5.64. The molecule has 0 N–H and O–H groups in total. The van der Waals surface area contributed by atoms with E-state index in [1.54, 1.807) is 14.0 Å². The summed E-state index contributed by atoms with van der Waals surface area (Å²) in [5.74, 6) is 0. The molecule has 0 unspecified atom stereocenters. The highest BCUT2D eigenvalue weighted by molar-refractivity contribution is 6.66. The Morgan fingerprint density at radius 1 is 1.36 bits per heavy atom. The Morgan fingerprint density at radius 3 is 2.09 bits per heavy atom. The van der Waals surface area contributed by atoms with Gasteiger partial charge in [-0.1, -0.05) is 40.0 Å². The summed E-state index contributed by atoms with van der Waals surface area (Å²) in [6, 6.07) is 0. The summed E-state index contributed by atoms with van der Waals surface area (Å²) >= 11 is 16.9. The Morgan fingerprint density at radius 2 is 1.91 bits per heavy atom. The average molecular weight is 214 g/mol. The number of aryl methyl sites for hydroxylation is 2. The van der Waals surface area contributed by atoms with Gasteiger partial charge >= 0.3 is 0 Å². The number of halogens is 3. The second kappa shape index (κ2) is 2.81. The van der Waals surface area contributed by atoms with E-state index in [1.807, 2.05) is 0 Å². The molecule has 0 radical (unpaired) electrons. The minimum absolute atomic E-state index is 0.502. The number of hydrogen-bond acceptors (Lipinski definition) is 2. The molecule has 1 rings (SSSR count).